The van der Waals surface area contributed by atoms with E-state index in [1.807, 2.05) is 36.7 Å². The van der Waals surface area contributed by atoms with E-state index in [1.54, 1.807) is 6.07 Å². The molecule has 2 aromatic rings. The quantitative estimate of drug-likeness (QED) is 0.859. The van der Waals surface area contributed by atoms with E-state index in [0.717, 1.165) is 28.8 Å². The van der Waals surface area contributed by atoms with Gasteiger partial charge in [-0.25, -0.2) is 4.98 Å². The topological polar surface area (TPSA) is 27.1 Å². The smallest absolute Gasteiger partial charge is 0.144 e. The molecular formula is C14H17BrN2O. The van der Waals surface area contributed by atoms with Crippen LogP contribution in [0.2, 0.25) is 0 Å². The first-order valence-electron chi connectivity index (χ1n) is 7.40. The van der Waals surface area contributed by atoms with Gasteiger partial charge in [0.2, 0.25) is 0 Å². The van der Waals surface area contributed by atoms with Crippen LogP contribution in [-0.4, -0.2) is 16.6 Å². The first-order valence-corrected chi connectivity index (χ1v) is 6.69. The third-order valence-corrected chi connectivity index (χ3v) is 3.29. The summed E-state index contributed by atoms with van der Waals surface area (Å²) in [5.41, 5.74) is 1.65. The molecule has 0 bridgehead atoms. The van der Waals surface area contributed by atoms with Crippen LogP contribution in [0, 0.1) is 0 Å². The predicted octanol–water partition coefficient (Wildman–Crippen LogP) is 3.77. The molecular weight excluding hydrogens is 292 g/mol. The number of methoxy groups -OCH3 is 1. The lowest BCUT2D eigenvalue weighted by atomic mass is 10.2. The van der Waals surface area contributed by atoms with Crippen LogP contribution in [0.15, 0.2) is 28.9 Å². The van der Waals surface area contributed by atoms with E-state index in [9.17, 15) is 0 Å². The number of aryl methyl sites for hydroxylation is 2. The highest BCUT2D eigenvalue weighted by Crippen LogP contribution is 2.28. The molecule has 0 saturated carbocycles. The summed E-state index contributed by atoms with van der Waals surface area (Å²) in [5, 5.41) is 0. The Bertz CT molecular complexity index is 638. The minimum Gasteiger partial charge on any atom is -0.495 e. The number of hydrogen-bond acceptors (Lipinski definition) is 2. The van der Waals surface area contributed by atoms with Gasteiger partial charge in [0, 0.05) is 17.1 Å². The molecule has 1 aromatic heterocycles. The Balaban J connectivity index is 2.55. The molecule has 0 radical (unpaired) electrons. The van der Waals surface area contributed by atoms with Gasteiger partial charge >= 0.3 is 0 Å². The van der Waals surface area contributed by atoms with E-state index in [-0.39, 0.29) is 0 Å². The van der Waals surface area contributed by atoms with Crippen LogP contribution in [0.4, 0.5) is 0 Å². The van der Waals surface area contributed by atoms with E-state index in [0.29, 0.717) is 11.4 Å². The predicted molar refractivity (Wildman–Crippen MR) is 76.6 cm³/mol. The van der Waals surface area contributed by atoms with Gasteiger partial charge in [-0.2, -0.15) is 0 Å². The van der Waals surface area contributed by atoms with Crippen molar-refractivity contribution in [1.82, 2.24) is 9.55 Å². The number of imidazole rings is 1. The molecule has 18 heavy (non-hydrogen) atoms. The minimum absolute atomic E-state index is 0.305. The van der Waals surface area contributed by atoms with Crippen molar-refractivity contribution >= 4 is 15.9 Å². The van der Waals surface area contributed by atoms with Gasteiger partial charge in [-0.1, -0.05) is 29.8 Å². The Morgan fingerprint density at radius 2 is 2.22 bits per heavy atom. The molecule has 3 nitrogen and oxygen atoms in total. The summed E-state index contributed by atoms with van der Waals surface area (Å²) in [4.78, 5) is 4.54. The molecule has 0 amide bonds. The van der Waals surface area contributed by atoms with Crippen LogP contribution in [0.25, 0.3) is 5.69 Å². The standard InChI is InChI=1S/C14H17BrN2O/c1-4-11-9-17(14(5-2)16-11)12-7-6-10(15)8-13(12)18-3/h6-9H,4-5H2,1-3H3/i3D3. The van der Waals surface area contributed by atoms with Crippen LogP contribution < -0.4 is 4.74 Å². The zero-order valence-electron chi connectivity index (χ0n) is 13.4. The minimum atomic E-state index is -2.49. The van der Waals surface area contributed by atoms with Gasteiger partial charge < -0.3 is 4.74 Å². The lowest BCUT2D eigenvalue weighted by Crippen LogP contribution is -2.01. The van der Waals surface area contributed by atoms with Crippen LogP contribution in [0.5, 0.6) is 5.75 Å². The maximum Gasteiger partial charge on any atom is 0.144 e. The average molecular weight is 312 g/mol. The van der Waals surface area contributed by atoms with Crippen LogP contribution in [-0.2, 0) is 12.8 Å². The first-order chi connectivity index (χ1) is 9.84. The highest BCUT2D eigenvalue weighted by atomic mass is 79.9. The van der Waals surface area contributed by atoms with Crippen molar-refractivity contribution in [2.24, 2.45) is 0 Å². The highest BCUT2D eigenvalue weighted by molar-refractivity contribution is 9.10. The van der Waals surface area contributed by atoms with E-state index in [1.165, 1.54) is 0 Å². The van der Waals surface area contributed by atoms with E-state index in [4.69, 9.17) is 8.85 Å². The summed E-state index contributed by atoms with van der Waals surface area (Å²) >= 11 is 3.34. The molecule has 0 unspecified atom stereocenters. The summed E-state index contributed by atoms with van der Waals surface area (Å²) in [6, 6.07) is 5.34. The summed E-state index contributed by atoms with van der Waals surface area (Å²) in [6.45, 7) is 4.05. The first kappa shape index (κ1) is 9.62. The van der Waals surface area contributed by atoms with Gasteiger partial charge in [0.15, 0.2) is 0 Å². The Hall–Kier alpha value is -1.29. The van der Waals surface area contributed by atoms with Gasteiger partial charge in [-0.05, 0) is 24.6 Å². The SMILES string of the molecule is [2H]C([2H])([2H])Oc1cc(Br)ccc1-n1cc(CC)nc1CC. The molecule has 0 aliphatic heterocycles. The second-order valence-electron chi connectivity index (χ2n) is 3.94. The van der Waals surface area contributed by atoms with Gasteiger partial charge in [0.1, 0.15) is 11.6 Å². The van der Waals surface area contributed by atoms with Gasteiger partial charge in [0.05, 0.1) is 22.5 Å². The number of rotatable bonds is 4. The summed E-state index contributed by atoms with van der Waals surface area (Å²) < 4.78 is 29.7. The Morgan fingerprint density at radius 3 is 2.89 bits per heavy atom. The molecule has 0 N–H and O–H groups in total. The van der Waals surface area contributed by atoms with Crippen LogP contribution in [0.3, 0.4) is 0 Å². The fourth-order valence-corrected chi connectivity index (χ4v) is 2.21. The van der Waals surface area contributed by atoms with Crippen LogP contribution in [0.1, 0.15) is 29.5 Å². The monoisotopic (exact) mass is 311 g/mol. The molecule has 0 aliphatic rings. The molecule has 0 aliphatic carbocycles. The number of benzene rings is 1. The van der Waals surface area contributed by atoms with Crippen molar-refractivity contribution in [3.8, 4) is 11.4 Å². The molecule has 1 aromatic carbocycles. The zero-order valence-corrected chi connectivity index (χ0v) is 12.0. The molecule has 4 heteroatoms. The number of halogens is 1. The maximum atomic E-state index is 7.31. The molecule has 0 saturated heterocycles. The van der Waals surface area contributed by atoms with Crippen molar-refractivity contribution in [3.05, 3.63) is 40.4 Å². The van der Waals surface area contributed by atoms with Gasteiger partial charge in [-0.3, -0.25) is 4.57 Å². The van der Waals surface area contributed by atoms with E-state index >= 15 is 0 Å². The lowest BCUT2D eigenvalue weighted by Gasteiger charge is -2.11. The average Bonchev–Trinajstić information content (AvgIpc) is 2.80. The molecule has 0 spiro atoms. The number of nitrogens with zero attached hydrogens (tertiary/aromatic N) is 2. The zero-order chi connectivity index (χ0) is 15.6. The third-order valence-electron chi connectivity index (χ3n) is 2.80. The van der Waals surface area contributed by atoms with Crippen molar-refractivity contribution in [2.75, 3.05) is 7.04 Å². The normalized spacial score (nSPS) is 13.8. The lowest BCUT2D eigenvalue weighted by molar-refractivity contribution is 0.412. The number of ether oxygens (including phenoxy) is 1. The molecule has 96 valence electrons. The molecule has 0 fully saturated rings. The fraction of sp³-hybridized carbons (Fsp3) is 0.357. The summed E-state index contributed by atoms with van der Waals surface area (Å²) in [7, 11) is -2.49. The van der Waals surface area contributed by atoms with Crippen LogP contribution >= 0.6 is 15.9 Å². The van der Waals surface area contributed by atoms with E-state index < -0.39 is 7.04 Å². The Morgan fingerprint density at radius 1 is 1.39 bits per heavy atom. The molecule has 2 rings (SSSR count). The Kier molecular flexibility index (Phi) is 2.97. The van der Waals surface area contributed by atoms with E-state index in [2.05, 4.69) is 20.9 Å². The third kappa shape index (κ3) is 2.43. The van der Waals surface area contributed by atoms with Crippen molar-refractivity contribution in [1.29, 1.82) is 0 Å². The second kappa shape index (κ2) is 5.57. The highest BCUT2D eigenvalue weighted by Gasteiger charge is 2.11. The largest absolute Gasteiger partial charge is 0.495 e. The van der Waals surface area contributed by atoms with Crippen molar-refractivity contribution in [3.63, 3.8) is 0 Å². The molecule has 1 heterocycles. The molecule has 0 atom stereocenters. The number of hydrogen-bond donors (Lipinski definition) is 0. The van der Waals surface area contributed by atoms with Crippen molar-refractivity contribution in [2.45, 2.75) is 26.7 Å². The fourth-order valence-electron chi connectivity index (χ4n) is 1.87. The summed E-state index contributed by atoms with van der Waals surface area (Å²) in [5.74, 6) is 1.18. The van der Waals surface area contributed by atoms with Gasteiger partial charge in [-0.15, -0.1) is 0 Å². The maximum absolute atomic E-state index is 7.31. The van der Waals surface area contributed by atoms with Crippen molar-refractivity contribution < 1.29 is 8.85 Å². The number of aromatic nitrogens is 2. The summed E-state index contributed by atoms with van der Waals surface area (Å²) in [6.07, 6.45) is 3.50. The van der Waals surface area contributed by atoms with Gasteiger partial charge in [0.25, 0.3) is 0 Å². The second-order valence-corrected chi connectivity index (χ2v) is 4.86. The Labute approximate surface area is 120 Å².